The van der Waals surface area contributed by atoms with Crippen molar-refractivity contribution in [3.8, 4) is 0 Å². The van der Waals surface area contributed by atoms with Gasteiger partial charge in [-0.25, -0.2) is 0 Å². The molecule has 0 unspecified atom stereocenters. The topological polar surface area (TPSA) is 127 Å². The molecule has 0 amide bonds. The third kappa shape index (κ3) is 33.9. The molecule has 0 aliphatic carbocycles. The summed E-state index contributed by atoms with van der Waals surface area (Å²) in [4.78, 5) is 39.9. The zero-order valence-electron chi connectivity index (χ0n) is 13.0. The van der Waals surface area contributed by atoms with Crippen molar-refractivity contribution in [2.24, 2.45) is 0 Å². The average Bonchev–Trinajstić information content (AvgIpc) is 2.54. The minimum atomic E-state index is -0.881. The maximum atomic E-state index is 10.7. The molecule has 0 fully saturated rings. The summed E-state index contributed by atoms with van der Waals surface area (Å²) in [5, 5.41) is 15.3. The Labute approximate surface area is 156 Å². The van der Waals surface area contributed by atoms with Gasteiger partial charge in [0.2, 0.25) is 0 Å². The molecule has 8 nitrogen and oxygen atoms in total. The van der Waals surface area contributed by atoms with Crippen LogP contribution in [0.15, 0.2) is 0 Å². The van der Waals surface area contributed by atoms with E-state index in [4.69, 9.17) is 10.2 Å². The molecule has 0 aromatic heterocycles. The third-order valence-electron chi connectivity index (χ3n) is 1.74. The van der Waals surface area contributed by atoms with E-state index in [0.29, 0.717) is 12.8 Å². The molecule has 2 radical (unpaired) electrons. The molecule has 0 atom stereocenters. The minimum absolute atomic E-state index is 0.0833. The molecule has 0 bridgehead atoms. The van der Waals surface area contributed by atoms with Crippen molar-refractivity contribution >= 4 is 70.3 Å². The van der Waals surface area contributed by atoms with Crippen LogP contribution in [0.2, 0.25) is 8.87 Å². The Bertz CT molecular complexity index is 320. The van der Waals surface area contributed by atoms with E-state index < -0.39 is 33.1 Å². The summed E-state index contributed by atoms with van der Waals surface area (Å²) < 4.78 is 10.9. The molecule has 0 spiro atoms. The number of hydrogen-bond donors (Lipinski definition) is 4. The summed E-state index contributed by atoms with van der Waals surface area (Å²) in [5.41, 5.74) is 0. The number of esters is 2. The van der Waals surface area contributed by atoms with E-state index in [-0.39, 0.29) is 23.4 Å². The number of hydrogen-bond acceptors (Lipinski definition) is 8. The van der Waals surface area contributed by atoms with Crippen LogP contribution >= 0.6 is 25.3 Å². The van der Waals surface area contributed by atoms with Crippen LogP contribution in [0.1, 0.15) is 12.8 Å². The first-order valence-corrected chi connectivity index (χ1v) is 11.5. The molecule has 134 valence electrons. The Kier molecular flexibility index (Phi) is 25.3. The molecule has 0 heterocycles. The van der Waals surface area contributed by atoms with Gasteiger partial charge in [0.15, 0.2) is 0 Å². The van der Waals surface area contributed by atoms with Crippen molar-refractivity contribution < 1.29 is 38.9 Å². The number of carbonyl (C=O) groups is 4. The standard InChI is InChI=1S/2C4H7O2.2C2H4O2S.Sn/c2*1-3-4(5)6-2;2*3-2(4)1-5;/h2*1,3H2,2H3;2*5H,1H2,(H,3,4);. The molecular weight excluding hydrogens is 455 g/mol. The second-order valence-electron chi connectivity index (χ2n) is 3.51. The van der Waals surface area contributed by atoms with Crippen molar-refractivity contribution in [2.75, 3.05) is 25.7 Å². The van der Waals surface area contributed by atoms with E-state index in [1.54, 1.807) is 0 Å². The molecule has 11 heteroatoms. The zero-order chi connectivity index (χ0) is 18.7. The van der Waals surface area contributed by atoms with E-state index >= 15 is 0 Å². The van der Waals surface area contributed by atoms with Crippen LogP contribution in [-0.2, 0) is 28.7 Å². The van der Waals surface area contributed by atoms with Crippen LogP contribution < -0.4 is 0 Å². The number of aliphatic carboxylic acids is 2. The summed E-state index contributed by atoms with van der Waals surface area (Å²) >= 11 is 6.28. The van der Waals surface area contributed by atoms with Gasteiger partial charge in [-0.05, 0) is 0 Å². The van der Waals surface area contributed by atoms with Gasteiger partial charge in [-0.2, -0.15) is 25.3 Å². The number of carboxylic acids is 2. The molecule has 0 saturated heterocycles. The normalized spacial score (nSPS) is 8.52. The van der Waals surface area contributed by atoms with Gasteiger partial charge < -0.3 is 10.2 Å². The Balaban J connectivity index is -0.000000329. The Morgan fingerprint density at radius 1 is 0.826 bits per heavy atom. The van der Waals surface area contributed by atoms with E-state index in [9.17, 15) is 19.2 Å². The largest absolute Gasteiger partial charge is 0.481 e. The number of ether oxygens (including phenoxy) is 2. The smallest absolute Gasteiger partial charge is 0.313 e. The van der Waals surface area contributed by atoms with Crippen LogP contribution in [0, 0.1) is 0 Å². The summed E-state index contributed by atoms with van der Waals surface area (Å²) in [6.45, 7) is 0. The second-order valence-corrected chi connectivity index (χ2v) is 8.42. The molecule has 0 aliphatic heterocycles. The average molecular weight is 477 g/mol. The number of methoxy groups -OCH3 is 2. The number of rotatable bonds is 8. The van der Waals surface area contributed by atoms with Crippen molar-refractivity contribution in [3.63, 3.8) is 0 Å². The fourth-order valence-corrected chi connectivity index (χ4v) is 3.60. The number of carboxylic acid groups (broad SMARTS) is 2. The van der Waals surface area contributed by atoms with E-state index in [0.717, 1.165) is 8.87 Å². The van der Waals surface area contributed by atoms with E-state index in [2.05, 4.69) is 34.7 Å². The first kappa shape index (κ1) is 27.2. The Morgan fingerprint density at radius 3 is 1.26 bits per heavy atom. The fraction of sp³-hybridized carbons (Fsp3) is 0.667. The quantitative estimate of drug-likeness (QED) is 0.174. The SMILES string of the molecule is COC(=O)C[CH2][Sn][CH2]CC(=O)OC.O=C(O)CS.O=C(O)CS. The minimum Gasteiger partial charge on any atom is -0.481 e. The van der Waals surface area contributed by atoms with Crippen LogP contribution in [0.3, 0.4) is 0 Å². The molecule has 0 aromatic carbocycles. The van der Waals surface area contributed by atoms with E-state index in [1.807, 2.05) is 0 Å². The Hall–Kier alpha value is -0.621. The van der Waals surface area contributed by atoms with Crippen molar-refractivity contribution in [2.45, 2.75) is 21.7 Å². The summed E-state index contributed by atoms with van der Waals surface area (Å²) in [5.74, 6) is -2.24. The molecule has 23 heavy (non-hydrogen) atoms. The van der Waals surface area contributed by atoms with Gasteiger partial charge in [-0.3, -0.25) is 9.59 Å². The first-order chi connectivity index (χ1) is 10.7. The summed E-state index contributed by atoms with van der Waals surface area (Å²) in [7, 11) is 2.78. The monoisotopic (exact) mass is 478 g/mol. The number of carbonyl (C=O) groups excluding carboxylic acids is 2. The van der Waals surface area contributed by atoms with Crippen LogP contribution in [-0.4, -0.2) is 81.0 Å². The van der Waals surface area contributed by atoms with Crippen LogP contribution in [0.5, 0.6) is 0 Å². The molecular formula is C12H22O8S2Sn. The van der Waals surface area contributed by atoms with Gasteiger partial charge in [0.25, 0.3) is 0 Å². The maximum Gasteiger partial charge on any atom is 0.313 e. The Morgan fingerprint density at radius 2 is 1.09 bits per heavy atom. The van der Waals surface area contributed by atoms with Crippen molar-refractivity contribution in [1.82, 2.24) is 0 Å². The predicted octanol–water partition coefficient (Wildman–Crippen LogP) is 0.655. The number of thiol groups is 2. The van der Waals surface area contributed by atoms with Crippen molar-refractivity contribution in [1.29, 1.82) is 0 Å². The molecule has 0 aromatic rings. The van der Waals surface area contributed by atoms with Crippen LogP contribution in [0.25, 0.3) is 0 Å². The van der Waals surface area contributed by atoms with Gasteiger partial charge >= 0.3 is 100 Å². The van der Waals surface area contributed by atoms with Gasteiger partial charge in [0.05, 0.1) is 11.5 Å². The maximum absolute atomic E-state index is 10.7. The molecule has 0 aliphatic rings. The molecule has 0 saturated carbocycles. The molecule has 2 N–H and O–H groups in total. The third-order valence-corrected chi connectivity index (χ3v) is 5.72. The zero-order valence-corrected chi connectivity index (χ0v) is 17.6. The summed E-state index contributed by atoms with van der Waals surface area (Å²) in [6, 6.07) is 0. The van der Waals surface area contributed by atoms with Crippen LogP contribution in [0.4, 0.5) is 0 Å². The van der Waals surface area contributed by atoms with Gasteiger partial charge in [0.1, 0.15) is 0 Å². The second kappa shape index (κ2) is 21.4. The van der Waals surface area contributed by atoms with Gasteiger partial charge in [-0.1, -0.05) is 0 Å². The fourth-order valence-electron chi connectivity index (χ4n) is 0.710. The summed E-state index contributed by atoms with van der Waals surface area (Å²) in [6.07, 6.45) is 1.01. The first-order valence-electron chi connectivity index (χ1n) is 6.24. The molecule has 0 rings (SSSR count). The van der Waals surface area contributed by atoms with E-state index in [1.165, 1.54) is 14.2 Å². The van der Waals surface area contributed by atoms with Gasteiger partial charge in [0, 0.05) is 0 Å². The van der Waals surface area contributed by atoms with Crippen molar-refractivity contribution in [3.05, 3.63) is 0 Å². The predicted molar refractivity (Wildman–Crippen MR) is 91.6 cm³/mol. The van der Waals surface area contributed by atoms with Gasteiger partial charge in [-0.15, -0.1) is 0 Å².